The average molecular weight is 468 g/mol. The maximum atomic E-state index is 13.6. The Kier molecular flexibility index (Phi) is 7.66. The number of benzene rings is 2. The van der Waals surface area contributed by atoms with Crippen molar-refractivity contribution in [1.29, 1.82) is 0 Å². The maximum Gasteiger partial charge on any atom is 0.405 e. The Labute approximate surface area is 200 Å². The lowest BCUT2D eigenvalue weighted by Crippen LogP contribution is -2.45. The van der Waals surface area contributed by atoms with Crippen molar-refractivity contribution in [2.45, 2.75) is 31.1 Å². The monoisotopic (exact) mass is 467 g/mol. The van der Waals surface area contributed by atoms with Gasteiger partial charge in [0, 0.05) is 38.0 Å². The third-order valence-electron chi connectivity index (χ3n) is 7.27. The molecule has 3 N–H and O–H groups in total. The molecule has 1 amide bonds. The topological polar surface area (TPSA) is 79.0 Å². The number of piperidine rings is 1. The third kappa shape index (κ3) is 5.66. The number of halogens is 1. The third-order valence-corrected chi connectivity index (χ3v) is 7.27. The first kappa shape index (κ1) is 24.4. The van der Waals surface area contributed by atoms with Crippen LogP contribution in [0.5, 0.6) is 0 Å². The summed E-state index contributed by atoms with van der Waals surface area (Å²) in [6.07, 6.45) is 2.22. The van der Waals surface area contributed by atoms with Gasteiger partial charge < -0.3 is 20.5 Å². The largest absolute Gasteiger partial charge is 0.442 e. The molecule has 2 saturated heterocycles. The zero-order chi connectivity index (χ0) is 24.1. The van der Waals surface area contributed by atoms with E-state index in [4.69, 9.17) is 10.5 Å². The second kappa shape index (κ2) is 10.7. The van der Waals surface area contributed by atoms with Crippen molar-refractivity contribution in [1.82, 2.24) is 9.80 Å². The average Bonchev–Trinajstić information content (AvgIpc) is 3.14. The molecule has 3 unspecified atom stereocenters. The van der Waals surface area contributed by atoms with E-state index in [1.54, 1.807) is 18.2 Å². The number of carbonyl (C=O) groups excluding carboxylic acids is 1. The lowest BCUT2D eigenvalue weighted by atomic mass is 9.83. The molecule has 0 bridgehead atoms. The fraction of sp³-hybridized carbons (Fsp3) is 0.444. The van der Waals surface area contributed by atoms with E-state index in [1.807, 2.05) is 18.2 Å². The van der Waals surface area contributed by atoms with Crippen molar-refractivity contribution in [3.8, 4) is 0 Å². The van der Waals surface area contributed by atoms with Gasteiger partial charge in [0.05, 0.1) is 0 Å². The fourth-order valence-electron chi connectivity index (χ4n) is 5.48. The first-order valence-electron chi connectivity index (χ1n) is 11.9. The fourth-order valence-corrected chi connectivity index (χ4v) is 5.48. The number of nitrogens with two attached hydrogens (primary N) is 1. The van der Waals surface area contributed by atoms with Crippen LogP contribution in [0.15, 0.2) is 67.3 Å². The highest BCUT2D eigenvalue weighted by molar-refractivity contribution is 5.65. The summed E-state index contributed by atoms with van der Waals surface area (Å²) in [5.41, 5.74) is 6.10. The van der Waals surface area contributed by atoms with Gasteiger partial charge in [-0.3, -0.25) is 4.90 Å². The second-order valence-electron chi connectivity index (χ2n) is 9.56. The lowest BCUT2D eigenvalue weighted by molar-refractivity contribution is -0.0123. The van der Waals surface area contributed by atoms with E-state index in [2.05, 4.69) is 28.5 Å². The van der Waals surface area contributed by atoms with Gasteiger partial charge in [-0.2, -0.15) is 0 Å². The number of hydrogen-bond acceptors (Lipinski definition) is 5. The van der Waals surface area contributed by atoms with E-state index in [-0.39, 0.29) is 23.8 Å². The summed E-state index contributed by atoms with van der Waals surface area (Å²) in [5, 5.41) is 11.9. The molecule has 34 heavy (non-hydrogen) atoms. The Morgan fingerprint density at radius 2 is 1.85 bits per heavy atom. The van der Waals surface area contributed by atoms with Crippen LogP contribution in [0.25, 0.3) is 0 Å². The minimum Gasteiger partial charge on any atom is -0.442 e. The molecule has 7 heteroatoms. The Balaban J connectivity index is 1.45. The molecule has 0 aliphatic carbocycles. The Hall–Kier alpha value is -2.74. The van der Waals surface area contributed by atoms with Crippen molar-refractivity contribution in [2.75, 3.05) is 32.7 Å². The van der Waals surface area contributed by atoms with Gasteiger partial charge in [-0.1, -0.05) is 55.1 Å². The molecule has 2 aromatic carbocycles. The van der Waals surface area contributed by atoms with Crippen molar-refractivity contribution in [3.05, 3.63) is 84.2 Å². The van der Waals surface area contributed by atoms with E-state index in [0.29, 0.717) is 6.54 Å². The summed E-state index contributed by atoms with van der Waals surface area (Å²) >= 11 is 0. The number of nitrogens with zero attached hydrogens (tertiary/aromatic N) is 2. The van der Waals surface area contributed by atoms with Gasteiger partial charge in [-0.25, -0.2) is 9.18 Å². The van der Waals surface area contributed by atoms with Crippen molar-refractivity contribution in [3.63, 3.8) is 0 Å². The van der Waals surface area contributed by atoms with Crippen molar-refractivity contribution < 1.29 is 19.0 Å². The zero-order valence-electron chi connectivity index (χ0n) is 19.5. The molecule has 2 fully saturated rings. The number of aliphatic hydroxyl groups is 1. The SMILES string of the molecule is C=CC(OC(N)=O)C1CCN(CC2CN(Cc3ccccc3)CC2(O)c2ccc(F)cc2)CC1. The van der Waals surface area contributed by atoms with Crippen LogP contribution >= 0.6 is 0 Å². The van der Waals surface area contributed by atoms with Gasteiger partial charge >= 0.3 is 6.09 Å². The van der Waals surface area contributed by atoms with E-state index in [1.165, 1.54) is 17.7 Å². The smallest absolute Gasteiger partial charge is 0.405 e. The molecular weight excluding hydrogens is 433 g/mol. The number of carbonyl (C=O) groups is 1. The Morgan fingerprint density at radius 3 is 2.47 bits per heavy atom. The van der Waals surface area contributed by atoms with Crippen molar-refractivity contribution in [2.24, 2.45) is 17.6 Å². The lowest BCUT2D eigenvalue weighted by Gasteiger charge is -2.38. The minimum absolute atomic E-state index is 0.0182. The van der Waals surface area contributed by atoms with Crippen molar-refractivity contribution >= 4 is 6.09 Å². The van der Waals surface area contributed by atoms with Crippen LogP contribution in [0, 0.1) is 17.7 Å². The van der Waals surface area contributed by atoms with Crippen LogP contribution < -0.4 is 5.73 Å². The van der Waals surface area contributed by atoms with E-state index >= 15 is 0 Å². The predicted octanol–water partition coefficient (Wildman–Crippen LogP) is 3.51. The Bertz CT molecular complexity index is 963. The van der Waals surface area contributed by atoms with Gasteiger partial charge in [0.1, 0.15) is 17.5 Å². The number of ether oxygens (including phenoxy) is 1. The molecule has 2 aliphatic rings. The number of β-amino-alcohol motifs (C(OH)–C–C–N with tert-alkyl or cyclic N) is 1. The van der Waals surface area contributed by atoms with E-state index < -0.39 is 11.7 Å². The van der Waals surface area contributed by atoms with Crippen LogP contribution in [0.4, 0.5) is 9.18 Å². The minimum atomic E-state index is -1.06. The number of primary amides is 1. The van der Waals surface area contributed by atoms with Gasteiger partial charge in [0.2, 0.25) is 0 Å². The number of hydrogen-bond donors (Lipinski definition) is 2. The van der Waals surface area contributed by atoms with Crippen LogP contribution in [-0.4, -0.2) is 59.8 Å². The molecule has 2 aromatic rings. The van der Waals surface area contributed by atoms with Gasteiger partial charge in [-0.15, -0.1) is 0 Å². The molecule has 3 atom stereocenters. The molecule has 0 aromatic heterocycles. The predicted molar refractivity (Wildman–Crippen MR) is 129 cm³/mol. The molecule has 0 spiro atoms. The highest BCUT2D eigenvalue weighted by atomic mass is 19.1. The number of rotatable bonds is 8. The maximum absolute atomic E-state index is 13.6. The molecule has 2 heterocycles. The summed E-state index contributed by atoms with van der Waals surface area (Å²) in [4.78, 5) is 15.8. The summed E-state index contributed by atoms with van der Waals surface area (Å²) < 4.78 is 18.8. The highest BCUT2D eigenvalue weighted by Gasteiger charge is 2.47. The standard InChI is InChI=1S/C27H34FN3O3/c1-2-25(34-26(29)32)21-12-14-30(15-13-21)17-23-18-31(16-20-6-4-3-5-7-20)19-27(23,33)22-8-10-24(28)11-9-22/h2-11,21,23,25,33H,1,12-19H2,(H2,29,32). The van der Waals surface area contributed by atoms with E-state index in [9.17, 15) is 14.3 Å². The zero-order valence-corrected chi connectivity index (χ0v) is 19.5. The summed E-state index contributed by atoms with van der Waals surface area (Å²) in [6.45, 7) is 8.21. The highest BCUT2D eigenvalue weighted by Crippen LogP contribution is 2.39. The molecule has 4 rings (SSSR count). The molecular formula is C27H34FN3O3. The first-order valence-corrected chi connectivity index (χ1v) is 11.9. The normalized spacial score (nSPS) is 25.2. The van der Waals surface area contributed by atoms with Crippen LogP contribution in [-0.2, 0) is 16.9 Å². The molecule has 182 valence electrons. The summed E-state index contributed by atoms with van der Waals surface area (Å²) in [5.74, 6) is -0.134. The van der Waals surface area contributed by atoms with Gasteiger partial charge in [0.25, 0.3) is 0 Å². The van der Waals surface area contributed by atoms with Crippen LogP contribution in [0.1, 0.15) is 24.0 Å². The van der Waals surface area contributed by atoms with Crippen LogP contribution in [0.2, 0.25) is 0 Å². The second-order valence-corrected chi connectivity index (χ2v) is 9.56. The number of likely N-dealkylation sites (tertiary alicyclic amines) is 2. The summed E-state index contributed by atoms with van der Waals surface area (Å²) in [6, 6.07) is 16.5. The van der Waals surface area contributed by atoms with Crippen LogP contribution in [0.3, 0.4) is 0 Å². The number of amides is 1. The van der Waals surface area contributed by atoms with Gasteiger partial charge in [-0.05, 0) is 49.2 Å². The Morgan fingerprint density at radius 1 is 1.18 bits per heavy atom. The molecule has 0 radical (unpaired) electrons. The molecule has 6 nitrogen and oxygen atoms in total. The molecule has 0 saturated carbocycles. The first-order chi connectivity index (χ1) is 16.4. The van der Waals surface area contributed by atoms with E-state index in [0.717, 1.165) is 51.1 Å². The summed E-state index contributed by atoms with van der Waals surface area (Å²) in [7, 11) is 0. The molecule has 2 aliphatic heterocycles. The van der Waals surface area contributed by atoms with Gasteiger partial charge in [0.15, 0.2) is 0 Å². The quantitative estimate of drug-likeness (QED) is 0.581.